The van der Waals surface area contributed by atoms with Crippen molar-refractivity contribution in [3.05, 3.63) is 47.8 Å². The molecule has 0 spiro atoms. The molecular formula is C14H19N5. The molecule has 5 nitrogen and oxygen atoms in total. The van der Waals surface area contributed by atoms with Gasteiger partial charge in [0.1, 0.15) is 5.82 Å². The van der Waals surface area contributed by atoms with Gasteiger partial charge in [0.25, 0.3) is 0 Å². The molecule has 2 rings (SSSR count). The maximum absolute atomic E-state index is 5.29. The van der Waals surface area contributed by atoms with Crippen LogP contribution in [0.2, 0.25) is 0 Å². The van der Waals surface area contributed by atoms with Gasteiger partial charge in [0.15, 0.2) is 5.82 Å². The fourth-order valence-corrected chi connectivity index (χ4v) is 1.73. The van der Waals surface area contributed by atoms with E-state index in [0.29, 0.717) is 24.1 Å². The monoisotopic (exact) mass is 257 g/mol. The zero-order valence-corrected chi connectivity index (χ0v) is 11.2. The molecule has 0 fully saturated rings. The minimum atomic E-state index is 0.542. The SMILES string of the molecule is CC(C)c1ccc(CNc2cncc(NN)n2)cc1. The molecule has 4 N–H and O–H groups in total. The maximum atomic E-state index is 5.29. The number of rotatable bonds is 5. The van der Waals surface area contributed by atoms with Gasteiger partial charge in [-0.2, -0.15) is 0 Å². The average Bonchev–Trinajstić information content (AvgIpc) is 2.46. The number of hydrogen-bond donors (Lipinski definition) is 3. The maximum Gasteiger partial charge on any atom is 0.160 e. The van der Waals surface area contributed by atoms with Gasteiger partial charge >= 0.3 is 0 Å². The fraction of sp³-hybridized carbons (Fsp3) is 0.286. The summed E-state index contributed by atoms with van der Waals surface area (Å²) in [5, 5.41) is 3.22. The van der Waals surface area contributed by atoms with Crippen LogP contribution in [0.4, 0.5) is 11.6 Å². The lowest BCUT2D eigenvalue weighted by molar-refractivity contribution is 0.865. The van der Waals surface area contributed by atoms with Crippen molar-refractivity contribution in [2.45, 2.75) is 26.3 Å². The topological polar surface area (TPSA) is 75.9 Å². The number of hydrazine groups is 1. The van der Waals surface area contributed by atoms with E-state index in [1.807, 2.05) is 0 Å². The summed E-state index contributed by atoms with van der Waals surface area (Å²) in [5.74, 6) is 7.09. The summed E-state index contributed by atoms with van der Waals surface area (Å²) >= 11 is 0. The Morgan fingerprint density at radius 2 is 1.79 bits per heavy atom. The Balaban J connectivity index is 1.98. The van der Waals surface area contributed by atoms with Crippen molar-refractivity contribution in [2.75, 3.05) is 10.7 Å². The molecule has 2 aromatic rings. The van der Waals surface area contributed by atoms with Crippen LogP contribution in [0, 0.1) is 0 Å². The number of benzene rings is 1. The summed E-state index contributed by atoms with van der Waals surface area (Å²) in [7, 11) is 0. The van der Waals surface area contributed by atoms with Crippen LogP contribution in [-0.4, -0.2) is 9.97 Å². The molecule has 0 aliphatic heterocycles. The molecule has 0 aliphatic carbocycles. The summed E-state index contributed by atoms with van der Waals surface area (Å²) in [4.78, 5) is 8.28. The van der Waals surface area contributed by atoms with Crippen LogP contribution in [-0.2, 0) is 6.54 Å². The molecule has 0 saturated carbocycles. The Labute approximate surface area is 113 Å². The summed E-state index contributed by atoms with van der Waals surface area (Å²) in [6.45, 7) is 5.09. The molecule has 1 aromatic carbocycles. The summed E-state index contributed by atoms with van der Waals surface area (Å²) in [6.07, 6.45) is 3.24. The first-order valence-corrected chi connectivity index (χ1v) is 6.30. The number of nitrogen functional groups attached to an aromatic ring is 1. The Morgan fingerprint density at radius 3 is 2.42 bits per heavy atom. The molecule has 19 heavy (non-hydrogen) atoms. The molecule has 0 radical (unpaired) electrons. The van der Waals surface area contributed by atoms with Crippen molar-refractivity contribution < 1.29 is 0 Å². The Kier molecular flexibility index (Phi) is 4.30. The Hall–Kier alpha value is -2.14. The Bertz CT molecular complexity index is 522. The van der Waals surface area contributed by atoms with Gasteiger partial charge in [-0.3, -0.25) is 4.98 Å². The zero-order chi connectivity index (χ0) is 13.7. The van der Waals surface area contributed by atoms with E-state index in [4.69, 9.17) is 5.84 Å². The predicted molar refractivity (Wildman–Crippen MR) is 77.7 cm³/mol. The van der Waals surface area contributed by atoms with Gasteiger partial charge in [-0.1, -0.05) is 38.1 Å². The minimum absolute atomic E-state index is 0.542. The van der Waals surface area contributed by atoms with Gasteiger partial charge in [0.2, 0.25) is 0 Å². The van der Waals surface area contributed by atoms with Crippen LogP contribution < -0.4 is 16.6 Å². The Morgan fingerprint density at radius 1 is 1.11 bits per heavy atom. The van der Waals surface area contributed by atoms with E-state index in [1.54, 1.807) is 12.4 Å². The van der Waals surface area contributed by atoms with Crippen LogP contribution in [0.1, 0.15) is 30.9 Å². The van der Waals surface area contributed by atoms with Crippen LogP contribution in [0.15, 0.2) is 36.7 Å². The first kappa shape index (κ1) is 13.3. The third kappa shape index (κ3) is 3.66. The summed E-state index contributed by atoms with van der Waals surface area (Å²) < 4.78 is 0. The molecule has 0 saturated heterocycles. The van der Waals surface area contributed by atoms with Gasteiger partial charge in [-0.15, -0.1) is 0 Å². The minimum Gasteiger partial charge on any atom is -0.365 e. The highest BCUT2D eigenvalue weighted by Gasteiger charge is 2.00. The summed E-state index contributed by atoms with van der Waals surface area (Å²) in [5.41, 5.74) is 5.02. The van der Waals surface area contributed by atoms with Gasteiger partial charge in [-0.25, -0.2) is 10.8 Å². The molecule has 0 unspecified atom stereocenters. The molecule has 0 aliphatic rings. The van der Waals surface area contributed by atoms with Gasteiger partial charge in [-0.05, 0) is 17.0 Å². The van der Waals surface area contributed by atoms with Crippen LogP contribution >= 0.6 is 0 Å². The second-order valence-electron chi connectivity index (χ2n) is 4.68. The number of nitrogens with zero attached hydrogens (tertiary/aromatic N) is 2. The van der Waals surface area contributed by atoms with E-state index in [0.717, 1.165) is 0 Å². The number of nitrogens with two attached hydrogens (primary N) is 1. The zero-order valence-electron chi connectivity index (χ0n) is 11.2. The van der Waals surface area contributed by atoms with Gasteiger partial charge in [0.05, 0.1) is 12.4 Å². The number of aromatic nitrogens is 2. The number of anilines is 2. The van der Waals surface area contributed by atoms with Crippen molar-refractivity contribution in [3.63, 3.8) is 0 Å². The van der Waals surface area contributed by atoms with Gasteiger partial charge in [0, 0.05) is 6.54 Å². The van der Waals surface area contributed by atoms with Gasteiger partial charge < -0.3 is 10.7 Å². The molecule has 0 atom stereocenters. The molecule has 1 heterocycles. The van der Waals surface area contributed by atoms with Crippen molar-refractivity contribution >= 4 is 11.6 Å². The van der Waals surface area contributed by atoms with Crippen LogP contribution in [0.25, 0.3) is 0 Å². The smallest absolute Gasteiger partial charge is 0.160 e. The average molecular weight is 257 g/mol. The molecule has 1 aromatic heterocycles. The van der Waals surface area contributed by atoms with Crippen molar-refractivity contribution in [1.82, 2.24) is 9.97 Å². The molecular weight excluding hydrogens is 238 g/mol. The van der Waals surface area contributed by atoms with Crippen molar-refractivity contribution in [1.29, 1.82) is 0 Å². The molecule has 0 bridgehead atoms. The van der Waals surface area contributed by atoms with E-state index in [-0.39, 0.29) is 0 Å². The second kappa shape index (κ2) is 6.15. The van der Waals surface area contributed by atoms with E-state index < -0.39 is 0 Å². The highest BCUT2D eigenvalue weighted by molar-refractivity contribution is 5.41. The van der Waals surface area contributed by atoms with E-state index in [1.165, 1.54) is 11.1 Å². The van der Waals surface area contributed by atoms with Crippen LogP contribution in [0.5, 0.6) is 0 Å². The second-order valence-corrected chi connectivity index (χ2v) is 4.68. The highest BCUT2D eigenvalue weighted by atomic mass is 15.3. The standard InChI is InChI=1S/C14H19N5/c1-10(2)12-5-3-11(4-6-12)7-17-13-8-16-9-14(18-13)19-15/h3-6,8-10H,7,15H2,1-2H3,(H2,17,18,19). The highest BCUT2D eigenvalue weighted by Crippen LogP contribution is 2.15. The third-order valence-corrected chi connectivity index (χ3v) is 2.90. The fourth-order valence-electron chi connectivity index (χ4n) is 1.73. The van der Waals surface area contributed by atoms with E-state index in [9.17, 15) is 0 Å². The third-order valence-electron chi connectivity index (χ3n) is 2.90. The first-order chi connectivity index (χ1) is 9.19. The van der Waals surface area contributed by atoms with Crippen LogP contribution in [0.3, 0.4) is 0 Å². The molecule has 0 amide bonds. The molecule has 100 valence electrons. The quantitative estimate of drug-likeness (QED) is 0.567. The first-order valence-electron chi connectivity index (χ1n) is 6.30. The van der Waals surface area contributed by atoms with Crippen molar-refractivity contribution in [3.8, 4) is 0 Å². The lowest BCUT2D eigenvalue weighted by Gasteiger charge is -2.09. The van der Waals surface area contributed by atoms with Crippen molar-refractivity contribution in [2.24, 2.45) is 5.84 Å². The largest absolute Gasteiger partial charge is 0.365 e. The lowest BCUT2D eigenvalue weighted by Crippen LogP contribution is -2.10. The number of nitrogens with one attached hydrogen (secondary N) is 2. The number of hydrogen-bond acceptors (Lipinski definition) is 5. The summed E-state index contributed by atoms with van der Waals surface area (Å²) in [6, 6.07) is 8.57. The van der Waals surface area contributed by atoms with E-state index in [2.05, 4.69) is 58.8 Å². The van der Waals surface area contributed by atoms with E-state index >= 15 is 0 Å². The molecule has 5 heteroatoms. The lowest BCUT2D eigenvalue weighted by atomic mass is 10.0. The predicted octanol–water partition coefficient (Wildman–Crippen LogP) is 2.50. The normalized spacial score (nSPS) is 10.5.